The Bertz CT molecular complexity index is 379. The van der Waals surface area contributed by atoms with E-state index in [0.717, 1.165) is 25.1 Å². The highest BCUT2D eigenvalue weighted by molar-refractivity contribution is 7.80. The fraction of sp³-hybridized carbons (Fsp3) is 0.417. The van der Waals surface area contributed by atoms with E-state index < -0.39 is 0 Å². The van der Waals surface area contributed by atoms with E-state index in [4.69, 9.17) is 18.0 Å². The number of unbranched alkanes of at least 4 members (excludes halogenated alkanes) is 1. The van der Waals surface area contributed by atoms with Crippen molar-refractivity contribution in [1.82, 2.24) is 0 Å². The average molecular weight is 240 g/mol. The zero-order chi connectivity index (χ0) is 12.1. The molecule has 0 radical (unpaired) electrons. The van der Waals surface area contributed by atoms with Crippen molar-refractivity contribution < 1.29 is 4.39 Å². The van der Waals surface area contributed by atoms with Crippen LogP contribution in [-0.2, 0) is 0 Å². The highest BCUT2D eigenvalue weighted by Crippen LogP contribution is 2.18. The quantitative estimate of drug-likeness (QED) is 0.802. The minimum atomic E-state index is -0.353. The SMILES string of the molecule is CCCCN(C)c1ccc(C(N)=S)c(F)c1. The number of rotatable bonds is 5. The predicted molar refractivity (Wildman–Crippen MR) is 70.5 cm³/mol. The monoisotopic (exact) mass is 240 g/mol. The molecule has 1 rings (SSSR count). The first-order chi connectivity index (χ1) is 7.56. The summed E-state index contributed by atoms with van der Waals surface area (Å²) in [6.07, 6.45) is 2.22. The van der Waals surface area contributed by atoms with Crippen LogP contribution in [0.15, 0.2) is 18.2 Å². The van der Waals surface area contributed by atoms with Crippen LogP contribution in [0.3, 0.4) is 0 Å². The Morgan fingerprint density at radius 2 is 2.19 bits per heavy atom. The van der Waals surface area contributed by atoms with Crippen LogP contribution in [-0.4, -0.2) is 18.6 Å². The van der Waals surface area contributed by atoms with Crippen molar-refractivity contribution in [2.24, 2.45) is 5.73 Å². The molecule has 0 saturated heterocycles. The van der Waals surface area contributed by atoms with E-state index in [9.17, 15) is 4.39 Å². The topological polar surface area (TPSA) is 29.3 Å². The number of nitrogens with zero attached hydrogens (tertiary/aromatic N) is 1. The zero-order valence-corrected chi connectivity index (χ0v) is 10.5. The number of benzene rings is 1. The van der Waals surface area contributed by atoms with Gasteiger partial charge in [-0.05, 0) is 24.6 Å². The number of hydrogen-bond acceptors (Lipinski definition) is 2. The summed E-state index contributed by atoms with van der Waals surface area (Å²) < 4.78 is 13.6. The highest BCUT2D eigenvalue weighted by atomic mass is 32.1. The highest BCUT2D eigenvalue weighted by Gasteiger charge is 2.08. The molecule has 0 aliphatic heterocycles. The summed E-state index contributed by atoms with van der Waals surface area (Å²) in [5, 5.41) is 0. The van der Waals surface area contributed by atoms with Gasteiger partial charge in [0, 0.05) is 24.8 Å². The van der Waals surface area contributed by atoms with Gasteiger partial charge in [0.15, 0.2) is 0 Å². The normalized spacial score (nSPS) is 10.2. The fourth-order valence-electron chi connectivity index (χ4n) is 1.47. The molecule has 0 aromatic heterocycles. The molecule has 0 bridgehead atoms. The lowest BCUT2D eigenvalue weighted by atomic mass is 10.1. The van der Waals surface area contributed by atoms with Gasteiger partial charge in [0.1, 0.15) is 10.8 Å². The summed E-state index contributed by atoms with van der Waals surface area (Å²) in [5.74, 6) is -0.353. The van der Waals surface area contributed by atoms with E-state index in [-0.39, 0.29) is 10.8 Å². The molecule has 0 heterocycles. The Hall–Kier alpha value is -1.16. The van der Waals surface area contributed by atoms with Gasteiger partial charge in [0.25, 0.3) is 0 Å². The van der Waals surface area contributed by atoms with Crippen molar-refractivity contribution in [2.45, 2.75) is 19.8 Å². The molecule has 0 fully saturated rings. The van der Waals surface area contributed by atoms with Crippen molar-refractivity contribution >= 4 is 22.9 Å². The van der Waals surface area contributed by atoms with Crippen LogP contribution in [0.4, 0.5) is 10.1 Å². The summed E-state index contributed by atoms with van der Waals surface area (Å²) in [7, 11) is 1.95. The zero-order valence-electron chi connectivity index (χ0n) is 9.66. The summed E-state index contributed by atoms with van der Waals surface area (Å²) in [5.41, 5.74) is 6.56. The molecule has 0 aliphatic carbocycles. The van der Waals surface area contributed by atoms with E-state index in [0.29, 0.717) is 5.56 Å². The first-order valence-electron chi connectivity index (χ1n) is 5.36. The standard InChI is InChI=1S/C12H17FN2S/c1-3-4-7-15(2)9-5-6-10(12(14)16)11(13)8-9/h5-6,8H,3-4,7H2,1-2H3,(H2,14,16). The summed E-state index contributed by atoms with van der Waals surface area (Å²) >= 11 is 4.75. The van der Waals surface area contributed by atoms with Crippen LogP contribution in [0.5, 0.6) is 0 Å². The van der Waals surface area contributed by atoms with Gasteiger partial charge < -0.3 is 10.6 Å². The van der Waals surface area contributed by atoms with E-state index in [1.54, 1.807) is 6.07 Å². The first kappa shape index (κ1) is 12.9. The maximum atomic E-state index is 13.6. The van der Waals surface area contributed by atoms with Crippen LogP contribution in [0.1, 0.15) is 25.3 Å². The van der Waals surface area contributed by atoms with Gasteiger partial charge in [-0.25, -0.2) is 4.39 Å². The van der Waals surface area contributed by atoms with Crippen molar-refractivity contribution in [3.63, 3.8) is 0 Å². The molecule has 0 unspecified atom stereocenters. The van der Waals surface area contributed by atoms with E-state index in [1.165, 1.54) is 6.07 Å². The molecule has 1 aromatic carbocycles. The molecule has 2 nitrogen and oxygen atoms in total. The van der Waals surface area contributed by atoms with Crippen molar-refractivity contribution in [3.05, 3.63) is 29.6 Å². The summed E-state index contributed by atoms with van der Waals surface area (Å²) in [6, 6.07) is 4.95. The largest absolute Gasteiger partial charge is 0.389 e. The Morgan fingerprint density at radius 1 is 1.50 bits per heavy atom. The minimum Gasteiger partial charge on any atom is -0.389 e. The molecular formula is C12H17FN2S. The van der Waals surface area contributed by atoms with Crippen LogP contribution < -0.4 is 10.6 Å². The van der Waals surface area contributed by atoms with Gasteiger partial charge in [-0.1, -0.05) is 25.6 Å². The minimum absolute atomic E-state index is 0.0975. The Morgan fingerprint density at radius 3 is 2.69 bits per heavy atom. The third-order valence-electron chi connectivity index (χ3n) is 2.51. The molecule has 0 saturated carbocycles. The second kappa shape index (κ2) is 5.80. The van der Waals surface area contributed by atoms with Gasteiger partial charge >= 0.3 is 0 Å². The molecular weight excluding hydrogens is 223 g/mol. The molecule has 0 atom stereocenters. The number of halogens is 1. The first-order valence-corrected chi connectivity index (χ1v) is 5.77. The summed E-state index contributed by atoms with van der Waals surface area (Å²) in [4.78, 5) is 2.12. The van der Waals surface area contributed by atoms with Gasteiger partial charge in [-0.2, -0.15) is 0 Å². The molecule has 88 valence electrons. The molecule has 4 heteroatoms. The lowest BCUT2D eigenvalue weighted by Gasteiger charge is -2.19. The van der Waals surface area contributed by atoms with Crippen molar-refractivity contribution in [2.75, 3.05) is 18.5 Å². The third-order valence-corrected chi connectivity index (χ3v) is 2.73. The number of thiocarbonyl (C=S) groups is 1. The number of anilines is 1. The van der Waals surface area contributed by atoms with E-state index >= 15 is 0 Å². The van der Waals surface area contributed by atoms with Crippen LogP contribution in [0.25, 0.3) is 0 Å². The third kappa shape index (κ3) is 3.17. The van der Waals surface area contributed by atoms with Crippen LogP contribution in [0, 0.1) is 5.82 Å². The fourth-order valence-corrected chi connectivity index (χ4v) is 1.63. The maximum Gasteiger partial charge on any atom is 0.135 e. The molecule has 0 aliphatic rings. The van der Waals surface area contributed by atoms with Crippen LogP contribution in [0.2, 0.25) is 0 Å². The lowest BCUT2D eigenvalue weighted by molar-refractivity contribution is 0.624. The number of hydrogen-bond donors (Lipinski definition) is 1. The van der Waals surface area contributed by atoms with Gasteiger partial charge in [-0.15, -0.1) is 0 Å². The molecule has 1 aromatic rings. The smallest absolute Gasteiger partial charge is 0.135 e. The van der Waals surface area contributed by atoms with Gasteiger partial charge in [0.2, 0.25) is 0 Å². The lowest BCUT2D eigenvalue weighted by Crippen LogP contribution is -2.19. The molecule has 0 spiro atoms. The van der Waals surface area contributed by atoms with Gasteiger partial charge in [-0.3, -0.25) is 0 Å². The Kier molecular flexibility index (Phi) is 4.68. The predicted octanol–water partition coefficient (Wildman–Crippen LogP) is 2.70. The second-order valence-corrected chi connectivity index (χ2v) is 4.24. The maximum absolute atomic E-state index is 13.6. The van der Waals surface area contributed by atoms with Gasteiger partial charge in [0.05, 0.1) is 0 Å². The second-order valence-electron chi connectivity index (χ2n) is 3.80. The molecule has 2 N–H and O–H groups in total. The van der Waals surface area contributed by atoms with E-state index in [1.807, 2.05) is 18.0 Å². The number of nitrogens with two attached hydrogens (primary N) is 1. The Balaban J connectivity index is 2.84. The molecule has 16 heavy (non-hydrogen) atoms. The van der Waals surface area contributed by atoms with E-state index in [2.05, 4.69) is 6.92 Å². The average Bonchev–Trinajstić information content (AvgIpc) is 2.25. The van der Waals surface area contributed by atoms with Crippen LogP contribution >= 0.6 is 12.2 Å². The van der Waals surface area contributed by atoms with Crippen molar-refractivity contribution in [1.29, 1.82) is 0 Å². The summed E-state index contributed by atoms with van der Waals surface area (Å²) in [6.45, 7) is 3.05. The Labute approximate surface area is 101 Å². The molecule has 0 amide bonds. The van der Waals surface area contributed by atoms with Crippen molar-refractivity contribution in [3.8, 4) is 0 Å².